The SMILES string of the molecule is CCC[N+](C)(C)CCOC(=O)c1ccccc1. The summed E-state index contributed by atoms with van der Waals surface area (Å²) in [6.45, 7) is 4.59. The number of likely N-dealkylation sites (N-methyl/N-ethyl adjacent to an activating group) is 1. The third-order valence-corrected chi connectivity index (χ3v) is 2.77. The van der Waals surface area contributed by atoms with Crippen LogP contribution in [0.15, 0.2) is 30.3 Å². The second-order valence-electron chi connectivity index (χ2n) is 4.88. The van der Waals surface area contributed by atoms with Crippen molar-refractivity contribution in [2.24, 2.45) is 0 Å². The number of carbonyl (C=O) groups excluding carboxylic acids is 1. The molecular formula is C14H22NO2+. The summed E-state index contributed by atoms with van der Waals surface area (Å²) in [7, 11) is 4.31. The van der Waals surface area contributed by atoms with Gasteiger partial charge < -0.3 is 9.22 Å². The van der Waals surface area contributed by atoms with E-state index in [4.69, 9.17) is 4.74 Å². The summed E-state index contributed by atoms with van der Waals surface area (Å²) in [5.74, 6) is -0.234. The molecule has 0 atom stereocenters. The zero-order valence-electron chi connectivity index (χ0n) is 11.0. The van der Waals surface area contributed by atoms with Crippen molar-refractivity contribution in [3.8, 4) is 0 Å². The highest BCUT2D eigenvalue weighted by Crippen LogP contribution is 2.03. The van der Waals surface area contributed by atoms with Crippen LogP contribution >= 0.6 is 0 Å². The van der Waals surface area contributed by atoms with Gasteiger partial charge in [0.25, 0.3) is 0 Å². The number of hydrogen-bond donors (Lipinski definition) is 0. The summed E-state index contributed by atoms with van der Waals surface area (Å²) in [6.07, 6.45) is 1.14. The molecule has 0 heterocycles. The molecule has 0 aliphatic rings. The molecule has 0 saturated heterocycles. The minimum absolute atomic E-state index is 0.234. The summed E-state index contributed by atoms with van der Waals surface area (Å²) in [5.41, 5.74) is 0.619. The number of rotatable bonds is 6. The molecule has 0 spiro atoms. The zero-order chi connectivity index (χ0) is 12.7. The molecular weight excluding hydrogens is 214 g/mol. The summed E-state index contributed by atoms with van der Waals surface area (Å²) >= 11 is 0. The fourth-order valence-electron chi connectivity index (χ4n) is 1.76. The minimum atomic E-state index is -0.234. The molecule has 1 aromatic rings. The van der Waals surface area contributed by atoms with Gasteiger partial charge in [0.2, 0.25) is 0 Å². The van der Waals surface area contributed by atoms with Gasteiger partial charge >= 0.3 is 5.97 Å². The molecule has 0 aliphatic carbocycles. The number of quaternary nitrogens is 1. The van der Waals surface area contributed by atoms with Crippen LogP contribution in [0.25, 0.3) is 0 Å². The molecule has 0 amide bonds. The summed E-state index contributed by atoms with van der Waals surface area (Å²) in [4.78, 5) is 11.7. The predicted octanol–water partition coefficient (Wildman–Crippen LogP) is 2.33. The van der Waals surface area contributed by atoms with Gasteiger partial charge in [-0.1, -0.05) is 25.1 Å². The number of esters is 1. The summed E-state index contributed by atoms with van der Waals surface area (Å²) < 4.78 is 6.14. The highest BCUT2D eigenvalue weighted by atomic mass is 16.5. The number of benzene rings is 1. The average molecular weight is 236 g/mol. The Hall–Kier alpha value is -1.35. The molecule has 0 unspecified atom stereocenters. The lowest BCUT2D eigenvalue weighted by atomic mass is 10.2. The Balaban J connectivity index is 2.35. The standard InChI is InChI=1S/C14H22NO2/c1-4-10-15(2,3)11-12-17-14(16)13-8-6-5-7-9-13/h5-9H,4,10-12H2,1-3H3/q+1. The van der Waals surface area contributed by atoms with E-state index in [9.17, 15) is 4.79 Å². The Morgan fingerprint density at radius 2 is 1.82 bits per heavy atom. The van der Waals surface area contributed by atoms with E-state index in [1.807, 2.05) is 18.2 Å². The van der Waals surface area contributed by atoms with Crippen molar-refractivity contribution < 1.29 is 14.0 Å². The Bertz CT molecular complexity index is 346. The van der Waals surface area contributed by atoms with Crippen LogP contribution in [0.1, 0.15) is 23.7 Å². The Morgan fingerprint density at radius 1 is 1.18 bits per heavy atom. The second-order valence-corrected chi connectivity index (χ2v) is 4.88. The monoisotopic (exact) mass is 236 g/mol. The zero-order valence-corrected chi connectivity index (χ0v) is 11.0. The van der Waals surface area contributed by atoms with Crippen molar-refractivity contribution >= 4 is 5.97 Å². The summed E-state index contributed by atoms with van der Waals surface area (Å²) in [6, 6.07) is 9.11. The maximum atomic E-state index is 11.7. The van der Waals surface area contributed by atoms with Crippen LogP contribution in [0.3, 0.4) is 0 Å². The van der Waals surface area contributed by atoms with Gasteiger partial charge in [-0.3, -0.25) is 0 Å². The van der Waals surface area contributed by atoms with Gasteiger partial charge in [0.15, 0.2) is 0 Å². The quantitative estimate of drug-likeness (QED) is 0.560. The van der Waals surface area contributed by atoms with E-state index in [1.165, 1.54) is 0 Å². The molecule has 94 valence electrons. The molecule has 0 saturated carbocycles. The molecule has 1 aromatic carbocycles. The van der Waals surface area contributed by atoms with Crippen molar-refractivity contribution in [1.82, 2.24) is 0 Å². The lowest BCUT2D eigenvalue weighted by molar-refractivity contribution is -0.890. The van der Waals surface area contributed by atoms with Crippen LogP contribution in [-0.2, 0) is 4.74 Å². The molecule has 0 bridgehead atoms. The van der Waals surface area contributed by atoms with Gasteiger partial charge in [0.1, 0.15) is 13.2 Å². The van der Waals surface area contributed by atoms with Crippen LogP contribution in [0.2, 0.25) is 0 Å². The maximum Gasteiger partial charge on any atom is 0.338 e. The van der Waals surface area contributed by atoms with Gasteiger partial charge in [-0.05, 0) is 18.6 Å². The minimum Gasteiger partial charge on any atom is -0.456 e. The Labute approximate surface area is 104 Å². The Kier molecular flexibility index (Phi) is 5.16. The molecule has 1 rings (SSSR count). The van der Waals surface area contributed by atoms with Crippen LogP contribution in [-0.4, -0.2) is 44.2 Å². The van der Waals surface area contributed by atoms with Crippen LogP contribution in [0, 0.1) is 0 Å². The average Bonchev–Trinajstić information content (AvgIpc) is 2.29. The van der Waals surface area contributed by atoms with E-state index in [1.54, 1.807) is 12.1 Å². The highest BCUT2D eigenvalue weighted by molar-refractivity contribution is 5.89. The fourth-order valence-corrected chi connectivity index (χ4v) is 1.76. The highest BCUT2D eigenvalue weighted by Gasteiger charge is 2.14. The topological polar surface area (TPSA) is 26.3 Å². The lowest BCUT2D eigenvalue weighted by Crippen LogP contribution is -2.43. The van der Waals surface area contributed by atoms with Gasteiger partial charge in [0.05, 0.1) is 26.2 Å². The molecule has 3 nitrogen and oxygen atoms in total. The number of ether oxygens (including phenoxy) is 1. The molecule has 0 radical (unpaired) electrons. The smallest absolute Gasteiger partial charge is 0.338 e. The first kappa shape index (κ1) is 13.7. The molecule has 0 aliphatic heterocycles. The first-order chi connectivity index (χ1) is 8.05. The van der Waals surface area contributed by atoms with Gasteiger partial charge in [-0.2, -0.15) is 0 Å². The van der Waals surface area contributed by atoms with E-state index in [0.29, 0.717) is 12.2 Å². The third kappa shape index (κ3) is 5.00. The maximum absolute atomic E-state index is 11.7. The van der Waals surface area contributed by atoms with E-state index in [2.05, 4.69) is 21.0 Å². The van der Waals surface area contributed by atoms with Crippen molar-refractivity contribution in [2.75, 3.05) is 33.8 Å². The van der Waals surface area contributed by atoms with Crippen molar-refractivity contribution in [3.05, 3.63) is 35.9 Å². The van der Waals surface area contributed by atoms with E-state index < -0.39 is 0 Å². The van der Waals surface area contributed by atoms with Gasteiger partial charge in [-0.15, -0.1) is 0 Å². The largest absolute Gasteiger partial charge is 0.456 e. The fraction of sp³-hybridized carbons (Fsp3) is 0.500. The van der Waals surface area contributed by atoms with E-state index in [-0.39, 0.29) is 5.97 Å². The normalized spacial score (nSPS) is 11.2. The molecule has 0 fully saturated rings. The first-order valence-electron chi connectivity index (χ1n) is 6.09. The molecule has 0 aromatic heterocycles. The number of carbonyl (C=O) groups is 1. The predicted molar refractivity (Wildman–Crippen MR) is 68.9 cm³/mol. The second kappa shape index (κ2) is 6.40. The van der Waals surface area contributed by atoms with E-state index >= 15 is 0 Å². The Morgan fingerprint density at radius 3 is 2.41 bits per heavy atom. The van der Waals surface area contributed by atoms with Gasteiger partial charge in [-0.25, -0.2) is 4.79 Å². The molecule has 0 N–H and O–H groups in total. The van der Waals surface area contributed by atoms with Crippen LogP contribution in [0.5, 0.6) is 0 Å². The summed E-state index contributed by atoms with van der Waals surface area (Å²) in [5, 5.41) is 0. The molecule has 3 heteroatoms. The van der Waals surface area contributed by atoms with E-state index in [0.717, 1.165) is 24.0 Å². The van der Waals surface area contributed by atoms with Gasteiger partial charge in [0, 0.05) is 0 Å². The third-order valence-electron chi connectivity index (χ3n) is 2.77. The number of hydrogen-bond acceptors (Lipinski definition) is 2. The van der Waals surface area contributed by atoms with Crippen LogP contribution in [0.4, 0.5) is 0 Å². The number of nitrogens with zero attached hydrogens (tertiary/aromatic N) is 1. The molecule has 17 heavy (non-hydrogen) atoms. The lowest BCUT2D eigenvalue weighted by Gasteiger charge is -2.28. The van der Waals surface area contributed by atoms with Crippen molar-refractivity contribution in [2.45, 2.75) is 13.3 Å². The van der Waals surface area contributed by atoms with Crippen molar-refractivity contribution in [1.29, 1.82) is 0 Å². The van der Waals surface area contributed by atoms with Crippen molar-refractivity contribution in [3.63, 3.8) is 0 Å². The first-order valence-corrected chi connectivity index (χ1v) is 6.09. The van der Waals surface area contributed by atoms with Crippen LogP contribution < -0.4 is 0 Å².